The number of carbonyl (C=O) groups is 3. The predicted molar refractivity (Wildman–Crippen MR) is 138 cm³/mol. The van der Waals surface area contributed by atoms with Gasteiger partial charge in [0.15, 0.2) is 0 Å². The van der Waals surface area contributed by atoms with E-state index in [0.29, 0.717) is 23.7 Å². The molecule has 3 aromatic carbocycles. The SMILES string of the molecule is O=C1NC(=O)N(Cc2ccco2)C(=O)/C1=C/c1ccc(OCc2cccc3ccccc23)c(I)c1. The number of hydrogen-bond acceptors (Lipinski definition) is 5. The molecule has 174 valence electrons. The fourth-order valence-electron chi connectivity index (χ4n) is 3.86. The maximum Gasteiger partial charge on any atom is 0.331 e. The van der Waals surface area contributed by atoms with E-state index in [9.17, 15) is 14.4 Å². The Morgan fingerprint density at radius 1 is 0.971 bits per heavy atom. The smallest absolute Gasteiger partial charge is 0.331 e. The lowest BCUT2D eigenvalue weighted by Crippen LogP contribution is -2.53. The molecular formula is C27H19IN2O5. The average molecular weight is 578 g/mol. The second-order valence-electron chi connectivity index (χ2n) is 7.90. The minimum atomic E-state index is -0.777. The highest BCUT2D eigenvalue weighted by atomic mass is 127. The number of hydrogen-bond donors (Lipinski definition) is 1. The Balaban J connectivity index is 1.34. The van der Waals surface area contributed by atoms with E-state index in [1.807, 2.05) is 30.3 Å². The molecule has 4 aromatic rings. The van der Waals surface area contributed by atoms with Crippen molar-refractivity contribution in [2.45, 2.75) is 13.2 Å². The standard InChI is InChI=1S/C27H19IN2O5/c28-23-14-17(10-11-24(23)35-16-19-7-3-6-18-5-1-2-9-21(18)19)13-22-25(31)29-27(33)30(26(22)32)15-20-8-4-12-34-20/h1-14H,15-16H2,(H,29,31,33)/b22-13+. The van der Waals surface area contributed by atoms with Crippen LogP contribution < -0.4 is 10.1 Å². The number of imide groups is 2. The zero-order chi connectivity index (χ0) is 24.4. The number of nitrogens with zero attached hydrogens (tertiary/aromatic N) is 1. The van der Waals surface area contributed by atoms with Crippen LogP contribution in [-0.4, -0.2) is 22.7 Å². The van der Waals surface area contributed by atoms with E-state index in [-0.39, 0.29) is 12.1 Å². The molecule has 1 saturated heterocycles. The number of carbonyl (C=O) groups excluding carboxylic acids is 3. The number of urea groups is 1. The first-order valence-corrected chi connectivity index (χ1v) is 11.9. The molecule has 4 amide bonds. The molecule has 1 aromatic heterocycles. The zero-order valence-electron chi connectivity index (χ0n) is 18.4. The van der Waals surface area contributed by atoms with Crippen LogP contribution in [-0.2, 0) is 22.7 Å². The summed E-state index contributed by atoms with van der Waals surface area (Å²) in [4.78, 5) is 38.4. The summed E-state index contributed by atoms with van der Waals surface area (Å²) in [6.07, 6.45) is 2.92. The monoisotopic (exact) mass is 578 g/mol. The van der Waals surface area contributed by atoms with Gasteiger partial charge in [0.2, 0.25) is 0 Å². The van der Waals surface area contributed by atoms with Crippen molar-refractivity contribution in [1.29, 1.82) is 0 Å². The molecular weight excluding hydrogens is 559 g/mol. The van der Waals surface area contributed by atoms with E-state index >= 15 is 0 Å². The molecule has 0 atom stereocenters. The van der Waals surface area contributed by atoms with E-state index < -0.39 is 17.8 Å². The van der Waals surface area contributed by atoms with Crippen molar-refractivity contribution in [2.75, 3.05) is 0 Å². The third kappa shape index (κ3) is 4.83. The second kappa shape index (κ2) is 9.75. The minimum absolute atomic E-state index is 0.0687. The first kappa shape index (κ1) is 22.9. The van der Waals surface area contributed by atoms with E-state index in [4.69, 9.17) is 9.15 Å². The summed E-state index contributed by atoms with van der Waals surface area (Å²) in [5.41, 5.74) is 1.59. The molecule has 8 heteroatoms. The molecule has 35 heavy (non-hydrogen) atoms. The van der Waals surface area contributed by atoms with Crippen LogP contribution in [0.1, 0.15) is 16.9 Å². The van der Waals surface area contributed by atoms with Gasteiger partial charge in [-0.15, -0.1) is 0 Å². The number of benzene rings is 3. The fourth-order valence-corrected chi connectivity index (χ4v) is 4.56. The Labute approximate surface area is 214 Å². The molecule has 1 aliphatic heterocycles. The summed E-state index contributed by atoms with van der Waals surface area (Å²) in [6.45, 7) is 0.337. The number of ether oxygens (including phenoxy) is 1. The number of halogens is 1. The van der Waals surface area contributed by atoms with Crippen LogP contribution in [0.3, 0.4) is 0 Å². The average Bonchev–Trinajstić information content (AvgIpc) is 3.37. The molecule has 0 radical (unpaired) electrons. The molecule has 0 saturated carbocycles. The lowest BCUT2D eigenvalue weighted by Gasteiger charge is -2.25. The Morgan fingerprint density at radius 2 is 1.80 bits per heavy atom. The molecule has 0 bridgehead atoms. The number of barbiturate groups is 1. The second-order valence-corrected chi connectivity index (χ2v) is 9.07. The number of amides is 4. The molecule has 0 unspecified atom stereocenters. The van der Waals surface area contributed by atoms with Gasteiger partial charge >= 0.3 is 6.03 Å². The third-order valence-electron chi connectivity index (χ3n) is 5.61. The van der Waals surface area contributed by atoms with E-state index in [1.165, 1.54) is 12.3 Å². The molecule has 0 aliphatic carbocycles. The van der Waals surface area contributed by atoms with Crippen molar-refractivity contribution in [2.24, 2.45) is 0 Å². The maximum absolute atomic E-state index is 12.9. The first-order chi connectivity index (χ1) is 17.0. The van der Waals surface area contributed by atoms with Crippen LogP contribution in [0.25, 0.3) is 16.8 Å². The zero-order valence-corrected chi connectivity index (χ0v) is 20.5. The van der Waals surface area contributed by atoms with Gasteiger partial charge in [0.1, 0.15) is 23.7 Å². The Morgan fingerprint density at radius 3 is 2.60 bits per heavy atom. The lowest BCUT2D eigenvalue weighted by atomic mass is 10.1. The van der Waals surface area contributed by atoms with Gasteiger partial charge in [0.05, 0.1) is 16.4 Å². The van der Waals surface area contributed by atoms with Crippen molar-refractivity contribution in [1.82, 2.24) is 10.2 Å². The predicted octanol–water partition coefficient (Wildman–Crippen LogP) is 5.28. The van der Waals surface area contributed by atoms with Crippen molar-refractivity contribution >= 4 is 57.3 Å². The molecule has 1 aliphatic rings. The van der Waals surface area contributed by atoms with Gasteiger partial charge < -0.3 is 9.15 Å². The van der Waals surface area contributed by atoms with Crippen LogP contribution in [0.2, 0.25) is 0 Å². The summed E-state index contributed by atoms with van der Waals surface area (Å²) in [5, 5.41) is 4.51. The van der Waals surface area contributed by atoms with Crippen LogP contribution in [0.4, 0.5) is 4.79 Å². The van der Waals surface area contributed by atoms with E-state index in [2.05, 4.69) is 46.1 Å². The summed E-state index contributed by atoms with van der Waals surface area (Å²) in [5.74, 6) is -0.289. The first-order valence-electron chi connectivity index (χ1n) is 10.8. The molecule has 1 fully saturated rings. The highest BCUT2D eigenvalue weighted by molar-refractivity contribution is 14.1. The highest BCUT2D eigenvalue weighted by Gasteiger charge is 2.36. The lowest BCUT2D eigenvalue weighted by molar-refractivity contribution is -0.130. The van der Waals surface area contributed by atoms with Gasteiger partial charge in [-0.25, -0.2) is 4.79 Å². The molecule has 5 rings (SSSR count). The summed E-state index contributed by atoms with van der Waals surface area (Å²) in [6, 6.07) is 22.2. The van der Waals surface area contributed by atoms with Crippen LogP contribution in [0, 0.1) is 3.57 Å². The quantitative estimate of drug-likeness (QED) is 0.191. The molecule has 1 N–H and O–H groups in total. The Kier molecular flexibility index (Phi) is 6.37. The summed E-state index contributed by atoms with van der Waals surface area (Å²) in [7, 11) is 0. The minimum Gasteiger partial charge on any atom is -0.488 e. The maximum atomic E-state index is 12.9. The van der Waals surface area contributed by atoms with Gasteiger partial charge in [-0.2, -0.15) is 0 Å². The summed E-state index contributed by atoms with van der Waals surface area (Å²) >= 11 is 2.16. The normalized spacial score (nSPS) is 15.1. The third-order valence-corrected chi connectivity index (χ3v) is 6.45. The van der Waals surface area contributed by atoms with Crippen molar-refractivity contribution in [3.05, 3.63) is 105 Å². The summed E-state index contributed by atoms with van der Waals surface area (Å²) < 4.78 is 12.1. The van der Waals surface area contributed by atoms with Gasteiger partial charge in [-0.05, 0) is 74.8 Å². The van der Waals surface area contributed by atoms with Crippen LogP contribution >= 0.6 is 22.6 Å². The number of rotatable bonds is 6. The van der Waals surface area contributed by atoms with Gasteiger partial charge in [0, 0.05) is 0 Å². The van der Waals surface area contributed by atoms with Crippen molar-refractivity contribution in [3.8, 4) is 5.75 Å². The van der Waals surface area contributed by atoms with Crippen molar-refractivity contribution in [3.63, 3.8) is 0 Å². The van der Waals surface area contributed by atoms with E-state index in [1.54, 1.807) is 24.3 Å². The molecule has 2 heterocycles. The van der Waals surface area contributed by atoms with Crippen LogP contribution in [0.5, 0.6) is 5.75 Å². The number of nitrogens with one attached hydrogen (secondary N) is 1. The number of fused-ring (bicyclic) bond motifs is 1. The topological polar surface area (TPSA) is 88.9 Å². The van der Waals surface area contributed by atoms with Gasteiger partial charge in [-0.3, -0.25) is 19.8 Å². The Hall–Kier alpha value is -3.92. The number of furan rings is 1. The van der Waals surface area contributed by atoms with Crippen LogP contribution in [0.15, 0.2) is 89.0 Å². The largest absolute Gasteiger partial charge is 0.488 e. The van der Waals surface area contributed by atoms with E-state index in [0.717, 1.165) is 24.8 Å². The molecule has 7 nitrogen and oxygen atoms in total. The fraction of sp³-hybridized carbons (Fsp3) is 0.0741. The van der Waals surface area contributed by atoms with Gasteiger partial charge in [0.25, 0.3) is 11.8 Å². The highest BCUT2D eigenvalue weighted by Crippen LogP contribution is 2.27. The molecule has 0 spiro atoms. The Bertz CT molecular complexity index is 1470. The van der Waals surface area contributed by atoms with Gasteiger partial charge in [-0.1, -0.05) is 48.5 Å². The van der Waals surface area contributed by atoms with Crippen molar-refractivity contribution < 1.29 is 23.5 Å².